The summed E-state index contributed by atoms with van der Waals surface area (Å²) < 4.78 is 15.8. The zero-order chi connectivity index (χ0) is 20.2. The van der Waals surface area contributed by atoms with E-state index in [0.717, 1.165) is 30.2 Å². The lowest BCUT2D eigenvalue weighted by Crippen LogP contribution is -2.34. The van der Waals surface area contributed by atoms with E-state index < -0.39 is 5.97 Å². The summed E-state index contributed by atoms with van der Waals surface area (Å²) in [6, 6.07) is 13.5. The fraction of sp³-hybridized carbons (Fsp3) is 0.304. The first-order valence-electron chi connectivity index (χ1n) is 9.71. The number of benzene rings is 2. The van der Waals surface area contributed by atoms with Gasteiger partial charge in [-0.2, -0.15) is 0 Å². The number of aryl methyl sites for hydroxylation is 1. The molecular weight excluding hydrogens is 370 g/mol. The number of furan rings is 1. The number of nitrogens with one attached hydrogen (secondary N) is 1. The lowest BCUT2D eigenvalue weighted by molar-refractivity contribution is -0.148. The predicted molar refractivity (Wildman–Crippen MR) is 108 cm³/mol. The normalized spacial score (nSPS) is 15.6. The van der Waals surface area contributed by atoms with Crippen molar-refractivity contribution in [3.63, 3.8) is 0 Å². The fourth-order valence-corrected chi connectivity index (χ4v) is 3.82. The monoisotopic (exact) mass is 393 g/mol. The molecule has 6 nitrogen and oxygen atoms in total. The van der Waals surface area contributed by atoms with Crippen molar-refractivity contribution < 1.29 is 23.5 Å². The Labute approximate surface area is 168 Å². The number of hydrogen-bond acceptors (Lipinski definition) is 5. The third-order valence-electron chi connectivity index (χ3n) is 5.27. The molecule has 1 atom stereocenters. The molecule has 0 saturated heterocycles. The highest BCUT2D eigenvalue weighted by molar-refractivity contribution is 5.87. The molecule has 4 rings (SSSR count). The molecule has 0 aliphatic heterocycles. The van der Waals surface area contributed by atoms with E-state index in [1.54, 1.807) is 13.2 Å². The Hall–Kier alpha value is -3.28. The third-order valence-corrected chi connectivity index (χ3v) is 5.27. The molecule has 0 saturated carbocycles. The summed E-state index contributed by atoms with van der Waals surface area (Å²) in [6.07, 6.45) is 4.52. The second-order valence-electron chi connectivity index (χ2n) is 7.17. The number of ether oxygens (including phenoxy) is 2. The molecule has 1 aliphatic carbocycles. The smallest absolute Gasteiger partial charge is 0.310 e. The van der Waals surface area contributed by atoms with Crippen LogP contribution in [0.1, 0.15) is 35.6 Å². The van der Waals surface area contributed by atoms with Gasteiger partial charge in [0.1, 0.15) is 11.3 Å². The highest BCUT2D eigenvalue weighted by atomic mass is 16.5. The molecule has 1 N–H and O–H groups in total. The topological polar surface area (TPSA) is 77.8 Å². The van der Waals surface area contributed by atoms with Crippen LogP contribution in [0.15, 0.2) is 53.1 Å². The molecule has 0 radical (unpaired) electrons. The van der Waals surface area contributed by atoms with Gasteiger partial charge in [-0.05, 0) is 42.5 Å². The van der Waals surface area contributed by atoms with Gasteiger partial charge in [0.25, 0.3) is 5.91 Å². The molecule has 0 spiro atoms. The number of carbonyl (C=O) groups is 2. The number of amides is 1. The highest BCUT2D eigenvalue weighted by Crippen LogP contribution is 2.29. The highest BCUT2D eigenvalue weighted by Gasteiger charge is 2.22. The second kappa shape index (κ2) is 8.39. The standard InChI is InChI=1S/C23H23NO5/c1-27-17-9-10-19-16(13-28-21(19)12-17)11-23(26)29-14-22(25)24-20-8-4-6-15-5-2-3-7-18(15)20/h2-3,5,7,9-10,12-13,20H,4,6,8,11,14H2,1H3,(H,24,25). The number of rotatable bonds is 6. The Morgan fingerprint density at radius 2 is 2.07 bits per heavy atom. The minimum atomic E-state index is -0.470. The van der Waals surface area contributed by atoms with Gasteiger partial charge in [0, 0.05) is 17.0 Å². The van der Waals surface area contributed by atoms with E-state index in [0.29, 0.717) is 16.9 Å². The van der Waals surface area contributed by atoms with Crippen LogP contribution in [0.3, 0.4) is 0 Å². The van der Waals surface area contributed by atoms with E-state index in [-0.39, 0.29) is 25.0 Å². The Morgan fingerprint density at radius 1 is 1.21 bits per heavy atom. The van der Waals surface area contributed by atoms with Crippen LogP contribution in [0.25, 0.3) is 11.0 Å². The van der Waals surface area contributed by atoms with E-state index >= 15 is 0 Å². The zero-order valence-electron chi connectivity index (χ0n) is 16.3. The molecule has 150 valence electrons. The molecule has 1 unspecified atom stereocenters. The van der Waals surface area contributed by atoms with Gasteiger partial charge in [-0.1, -0.05) is 24.3 Å². The third kappa shape index (κ3) is 4.26. The van der Waals surface area contributed by atoms with Crippen molar-refractivity contribution >= 4 is 22.8 Å². The van der Waals surface area contributed by atoms with Crippen molar-refractivity contribution in [1.29, 1.82) is 0 Å². The van der Waals surface area contributed by atoms with Crippen molar-refractivity contribution in [1.82, 2.24) is 5.32 Å². The van der Waals surface area contributed by atoms with Crippen molar-refractivity contribution in [2.75, 3.05) is 13.7 Å². The number of esters is 1. The van der Waals surface area contributed by atoms with Gasteiger partial charge in [-0.25, -0.2) is 0 Å². The molecule has 1 amide bonds. The van der Waals surface area contributed by atoms with Crippen LogP contribution < -0.4 is 10.1 Å². The van der Waals surface area contributed by atoms with Crippen LogP contribution in [0.5, 0.6) is 5.75 Å². The Bertz CT molecular complexity index is 1040. The second-order valence-corrected chi connectivity index (χ2v) is 7.17. The lowest BCUT2D eigenvalue weighted by Gasteiger charge is -2.26. The summed E-state index contributed by atoms with van der Waals surface area (Å²) >= 11 is 0. The maximum Gasteiger partial charge on any atom is 0.310 e. The van der Waals surface area contributed by atoms with Gasteiger partial charge in [0.2, 0.25) is 0 Å². The molecule has 29 heavy (non-hydrogen) atoms. The molecule has 6 heteroatoms. The summed E-state index contributed by atoms with van der Waals surface area (Å²) in [5, 5.41) is 3.81. The van der Waals surface area contributed by atoms with Crippen molar-refractivity contribution in [2.24, 2.45) is 0 Å². The first-order valence-corrected chi connectivity index (χ1v) is 9.71. The minimum Gasteiger partial charge on any atom is -0.497 e. The van der Waals surface area contributed by atoms with Crippen LogP contribution in [0.4, 0.5) is 0 Å². The molecule has 0 bridgehead atoms. The van der Waals surface area contributed by atoms with E-state index in [1.165, 1.54) is 11.8 Å². The van der Waals surface area contributed by atoms with Crippen molar-refractivity contribution in [3.8, 4) is 5.75 Å². The average molecular weight is 393 g/mol. The summed E-state index contributed by atoms with van der Waals surface area (Å²) in [5.74, 6) is -0.0773. The SMILES string of the molecule is COc1ccc2c(CC(=O)OCC(=O)NC3CCCc4ccccc43)coc2c1. The van der Waals surface area contributed by atoms with Gasteiger partial charge in [0.15, 0.2) is 6.61 Å². The Kier molecular flexibility index (Phi) is 5.51. The molecule has 1 aliphatic rings. The van der Waals surface area contributed by atoms with Crippen LogP contribution in [0, 0.1) is 0 Å². The van der Waals surface area contributed by atoms with Crippen molar-refractivity contribution in [3.05, 3.63) is 65.4 Å². The maximum absolute atomic E-state index is 12.3. The fourth-order valence-electron chi connectivity index (χ4n) is 3.82. The minimum absolute atomic E-state index is 0.0288. The molecule has 1 heterocycles. The molecule has 1 aromatic heterocycles. The predicted octanol–water partition coefficient (Wildman–Crippen LogP) is 3.72. The molecule has 2 aromatic carbocycles. The first kappa shape index (κ1) is 19.1. The number of carbonyl (C=O) groups excluding carboxylic acids is 2. The summed E-state index contributed by atoms with van der Waals surface area (Å²) in [4.78, 5) is 24.5. The maximum atomic E-state index is 12.3. The summed E-state index contributed by atoms with van der Waals surface area (Å²) in [7, 11) is 1.58. The van der Waals surface area contributed by atoms with Gasteiger partial charge < -0.3 is 19.2 Å². The number of hydrogen-bond donors (Lipinski definition) is 1. The summed E-state index contributed by atoms with van der Waals surface area (Å²) in [6.45, 7) is -0.291. The molecule has 0 fully saturated rings. The summed E-state index contributed by atoms with van der Waals surface area (Å²) in [5.41, 5.74) is 3.78. The van der Waals surface area contributed by atoms with Gasteiger partial charge in [-0.3, -0.25) is 9.59 Å². The number of fused-ring (bicyclic) bond motifs is 2. The average Bonchev–Trinajstić information content (AvgIpc) is 3.14. The van der Waals surface area contributed by atoms with Crippen molar-refractivity contribution in [2.45, 2.75) is 31.7 Å². The van der Waals surface area contributed by atoms with Gasteiger partial charge in [-0.15, -0.1) is 0 Å². The van der Waals surface area contributed by atoms with Gasteiger partial charge in [0.05, 0.1) is 25.8 Å². The van der Waals surface area contributed by atoms with Crippen LogP contribution in [0.2, 0.25) is 0 Å². The van der Waals surface area contributed by atoms with E-state index in [2.05, 4.69) is 11.4 Å². The Balaban J connectivity index is 1.32. The van der Waals surface area contributed by atoms with E-state index in [1.807, 2.05) is 30.3 Å². The van der Waals surface area contributed by atoms with Crippen LogP contribution in [-0.4, -0.2) is 25.6 Å². The van der Waals surface area contributed by atoms with Gasteiger partial charge >= 0.3 is 5.97 Å². The van der Waals surface area contributed by atoms with E-state index in [4.69, 9.17) is 13.9 Å². The van der Waals surface area contributed by atoms with Crippen LogP contribution in [-0.2, 0) is 27.2 Å². The largest absolute Gasteiger partial charge is 0.497 e. The number of methoxy groups -OCH3 is 1. The molecular formula is C23H23NO5. The lowest BCUT2D eigenvalue weighted by atomic mass is 9.88. The zero-order valence-corrected chi connectivity index (χ0v) is 16.3. The Morgan fingerprint density at radius 3 is 2.93 bits per heavy atom. The van der Waals surface area contributed by atoms with E-state index in [9.17, 15) is 9.59 Å². The molecule has 3 aromatic rings. The first-order chi connectivity index (χ1) is 14.1. The quantitative estimate of drug-likeness (QED) is 0.646. The van der Waals surface area contributed by atoms with Crippen LogP contribution >= 0.6 is 0 Å².